The van der Waals surface area contributed by atoms with Crippen molar-refractivity contribution in [3.05, 3.63) is 29.8 Å². The van der Waals surface area contributed by atoms with Gasteiger partial charge in [0.2, 0.25) is 3.79 Å². The minimum absolute atomic E-state index is 0.508. The molecule has 0 unspecified atom stereocenters. The van der Waals surface area contributed by atoms with Crippen LogP contribution < -0.4 is 4.74 Å². The quantitative estimate of drug-likeness (QED) is 0.477. The monoisotopic (exact) mass is 348 g/mol. The van der Waals surface area contributed by atoms with Gasteiger partial charge in [-0.15, -0.1) is 0 Å². The van der Waals surface area contributed by atoms with E-state index >= 15 is 0 Å². The van der Waals surface area contributed by atoms with Crippen LogP contribution in [-0.2, 0) is 4.33 Å². The van der Waals surface area contributed by atoms with E-state index < -0.39 is 8.13 Å². The average molecular weight is 350 g/mol. The molecule has 0 aromatic heterocycles. The Morgan fingerprint density at radius 3 is 2.00 bits per heavy atom. The smallest absolute Gasteiger partial charge is 0.227 e. The van der Waals surface area contributed by atoms with Gasteiger partial charge in [-0.2, -0.15) is 0 Å². The third-order valence-corrected chi connectivity index (χ3v) is 4.77. The van der Waals surface area contributed by atoms with E-state index in [0.29, 0.717) is 12.2 Å². The van der Waals surface area contributed by atoms with Gasteiger partial charge in [0.05, 0.1) is 6.61 Å². The van der Waals surface area contributed by atoms with Crippen LogP contribution >= 0.6 is 58.0 Å². The Balaban J connectivity index is 2.77. The zero-order valence-corrected chi connectivity index (χ0v) is 13.5. The normalized spacial score (nSPS) is 12.6. The van der Waals surface area contributed by atoms with Crippen molar-refractivity contribution < 1.29 is 4.74 Å². The van der Waals surface area contributed by atoms with Gasteiger partial charge < -0.3 is 4.74 Å². The van der Waals surface area contributed by atoms with Crippen LogP contribution in [0.1, 0.15) is 25.3 Å². The summed E-state index contributed by atoms with van der Waals surface area (Å²) in [5, 5.41) is 0. The SMILES string of the molecule is CCCCOc1ccc(C(Cl)(Cl)C(Cl)(Cl)Cl)cc1. The number of hydrogen-bond acceptors (Lipinski definition) is 1. The second-order valence-corrected chi connectivity index (χ2v) is 7.41. The van der Waals surface area contributed by atoms with E-state index in [1.165, 1.54) is 0 Å². The summed E-state index contributed by atoms with van der Waals surface area (Å²) in [4.78, 5) is 0. The lowest BCUT2D eigenvalue weighted by molar-refractivity contribution is 0.309. The van der Waals surface area contributed by atoms with Crippen LogP contribution in [0.3, 0.4) is 0 Å². The fourth-order valence-corrected chi connectivity index (χ4v) is 1.84. The van der Waals surface area contributed by atoms with Crippen molar-refractivity contribution in [3.63, 3.8) is 0 Å². The molecular weight excluding hydrogens is 337 g/mol. The number of rotatable bonds is 5. The van der Waals surface area contributed by atoms with Gasteiger partial charge in [0.1, 0.15) is 5.75 Å². The molecule has 0 fully saturated rings. The van der Waals surface area contributed by atoms with E-state index in [2.05, 4.69) is 6.92 Å². The molecule has 0 amide bonds. The molecule has 0 saturated carbocycles. The van der Waals surface area contributed by atoms with E-state index in [9.17, 15) is 0 Å². The molecule has 18 heavy (non-hydrogen) atoms. The van der Waals surface area contributed by atoms with Gasteiger partial charge in [-0.05, 0) is 24.1 Å². The molecule has 102 valence electrons. The summed E-state index contributed by atoms with van der Waals surface area (Å²) >= 11 is 29.3. The van der Waals surface area contributed by atoms with Crippen molar-refractivity contribution in [2.75, 3.05) is 6.61 Å². The molecule has 6 heteroatoms. The molecule has 1 nitrogen and oxygen atoms in total. The maximum atomic E-state index is 6.05. The highest BCUT2D eigenvalue weighted by atomic mass is 35.6. The van der Waals surface area contributed by atoms with Crippen molar-refractivity contribution in [3.8, 4) is 5.75 Å². The molecule has 0 aliphatic rings. The first-order valence-electron chi connectivity index (χ1n) is 5.47. The van der Waals surface area contributed by atoms with Crippen molar-refractivity contribution in [2.24, 2.45) is 0 Å². The maximum absolute atomic E-state index is 6.05. The average Bonchev–Trinajstić information content (AvgIpc) is 2.28. The molecule has 0 aliphatic heterocycles. The van der Waals surface area contributed by atoms with Crippen LogP contribution in [0.15, 0.2) is 24.3 Å². The van der Waals surface area contributed by atoms with Gasteiger partial charge in [0.15, 0.2) is 4.33 Å². The Morgan fingerprint density at radius 1 is 1.00 bits per heavy atom. The van der Waals surface area contributed by atoms with Crippen molar-refractivity contribution in [2.45, 2.75) is 27.9 Å². The summed E-state index contributed by atoms with van der Waals surface area (Å²) in [6.45, 7) is 2.77. The van der Waals surface area contributed by atoms with E-state index in [0.717, 1.165) is 18.6 Å². The lowest BCUT2D eigenvalue weighted by Crippen LogP contribution is -2.28. The van der Waals surface area contributed by atoms with E-state index in [4.69, 9.17) is 62.7 Å². The molecule has 0 radical (unpaired) electrons. The van der Waals surface area contributed by atoms with Crippen LogP contribution in [0.25, 0.3) is 0 Å². The first-order chi connectivity index (χ1) is 8.29. The molecule has 0 saturated heterocycles. The second-order valence-electron chi connectivity index (χ2n) is 3.80. The largest absolute Gasteiger partial charge is 0.494 e. The van der Waals surface area contributed by atoms with Gasteiger partial charge in [-0.1, -0.05) is 83.5 Å². The lowest BCUT2D eigenvalue weighted by Gasteiger charge is -2.27. The topological polar surface area (TPSA) is 9.23 Å². The number of halogens is 5. The molecule has 0 N–H and O–H groups in total. The van der Waals surface area contributed by atoms with Crippen LogP contribution in [0.4, 0.5) is 0 Å². The molecule has 1 rings (SSSR count). The Bertz CT molecular complexity index is 369. The molecule has 0 atom stereocenters. The summed E-state index contributed by atoms with van der Waals surface area (Å²) in [5.74, 6) is 0.737. The standard InChI is InChI=1S/C12H13Cl5O/c1-2-3-8-18-10-6-4-9(5-7-10)11(13,14)12(15,16)17/h4-7H,2-3,8H2,1H3. The fraction of sp³-hybridized carbons (Fsp3) is 0.500. The highest BCUT2D eigenvalue weighted by Gasteiger charge is 2.47. The third-order valence-electron chi connectivity index (χ3n) is 2.34. The Hall–Kier alpha value is 0.470. The second kappa shape index (κ2) is 6.76. The first kappa shape index (κ1) is 16.5. The minimum Gasteiger partial charge on any atom is -0.494 e. The van der Waals surface area contributed by atoms with Crippen molar-refractivity contribution >= 4 is 58.0 Å². The van der Waals surface area contributed by atoms with Gasteiger partial charge in [0, 0.05) is 0 Å². The van der Waals surface area contributed by atoms with E-state index in [1.54, 1.807) is 24.3 Å². The summed E-state index contributed by atoms with van der Waals surface area (Å²) in [6, 6.07) is 6.87. The zero-order valence-electron chi connectivity index (χ0n) is 9.73. The molecule has 0 heterocycles. The highest BCUT2D eigenvalue weighted by molar-refractivity contribution is 6.75. The summed E-state index contributed by atoms with van der Waals surface area (Å²) in [7, 11) is 0. The maximum Gasteiger partial charge on any atom is 0.227 e. The van der Waals surface area contributed by atoms with Gasteiger partial charge in [-0.25, -0.2) is 0 Å². The number of ether oxygens (including phenoxy) is 1. The summed E-state index contributed by atoms with van der Waals surface area (Å²) < 4.78 is 2.11. The number of alkyl halides is 5. The minimum atomic E-state index is -1.80. The number of hydrogen-bond donors (Lipinski definition) is 0. The van der Waals surface area contributed by atoms with Gasteiger partial charge in [-0.3, -0.25) is 0 Å². The first-order valence-corrected chi connectivity index (χ1v) is 7.36. The van der Waals surface area contributed by atoms with E-state index in [1.807, 2.05) is 0 Å². The Morgan fingerprint density at radius 2 is 1.56 bits per heavy atom. The number of unbranched alkanes of at least 4 members (excludes halogenated alkanes) is 1. The fourth-order valence-electron chi connectivity index (χ4n) is 1.26. The highest BCUT2D eigenvalue weighted by Crippen LogP contribution is 2.52. The van der Waals surface area contributed by atoms with E-state index in [-0.39, 0.29) is 0 Å². The van der Waals surface area contributed by atoms with Gasteiger partial charge >= 0.3 is 0 Å². The number of benzene rings is 1. The zero-order chi connectivity index (χ0) is 13.8. The molecule has 0 aliphatic carbocycles. The van der Waals surface area contributed by atoms with Crippen molar-refractivity contribution in [1.82, 2.24) is 0 Å². The summed E-state index contributed by atoms with van der Waals surface area (Å²) in [5.41, 5.74) is 0.508. The predicted molar refractivity (Wildman–Crippen MR) is 80.5 cm³/mol. The molecule has 1 aromatic rings. The van der Waals surface area contributed by atoms with Crippen molar-refractivity contribution in [1.29, 1.82) is 0 Å². The summed E-state index contributed by atoms with van der Waals surface area (Å²) in [6.07, 6.45) is 2.09. The van der Waals surface area contributed by atoms with Crippen LogP contribution in [-0.4, -0.2) is 10.4 Å². The lowest BCUT2D eigenvalue weighted by atomic mass is 10.1. The van der Waals surface area contributed by atoms with Crippen LogP contribution in [0, 0.1) is 0 Å². The van der Waals surface area contributed by atoms with Crippen LogP contribution in [0.5, 0.6) is 5.75 Å². The molecule has 0 bridgehead atoms. The van der Waals surface area contributed by atoms with Crippen LogP contribution in [0.2, 0.25) is 0 Å². The molecule has 0 spiro atoms. The third kappa shape index (κ3) is 4.25. The predicted octanol–water partition coefficient (Wildman–Crippen LogP) is 5.87. The molecule has 1 aromatic carbocycles. The Kier molecular flexibility index (Phi) is 6.21. The van der Waals surface area contributed by atoms with Gasteiger partial charge in [0.25, 0.3) is 0 Å². The Labute approximate surface area is 132 Å². The molecular formula is C12H13Cl5O.